The number of Topliss-reactive ketones (excluding diaryl/α,β-unsaturated/α-hetero) is 1. The van der Waals surface area contributed by atoms with Crippen LogP contribution in [0.5, 0.6) is 5.75 Å². The van der Waals surface area contributed by atoms with Crippen molar-refractivity contribution in [3.63, 3.8) is 0 Å². The Labute approximate surface area is 101 Å². The van der Waals surface area contributed by atoms with E-state index in [9.17, 15) is 9.59 Å². The minimum atomic E-state index is 0.0102. The van der Waals surface area contributed by atoms with Gasteiger partial charge in [-0.15, -0.1) is 0 Å². The van der Waals surface area contributed by atoms with Crippen molar-refractivity contribution in [2.24, 2.45) is 0 Å². The summed E-state index contributed by atoms with van der Waals surface area (Å²) in [7, 11) is 1.55. The van der Waals surface area contributed by atoms with E-state index in [1.54, 1.807) is 25.3 Å². The molecular weight excluding hydrogens is 218 g/mol. The Balaban J connectivity index is 2.59. The summed E-state index contributed by atoms with van der Waals surface area (Å²) >= 11 is 0. The Morgan fingerprint density at radius 3 is 2.76 bits per heavy atom. The summed E-state index contributed by atoms with van der Waals surface area (Å²) in [4.78, 5) is 21.9. The molecule has 0 aliphatic carbocycles. The molecule has 0 radical (unpaired) electrons. The van der Waals surface area contributed by atoms with Crippen LogP contribution in [0.25, 0.3) is 0 Å². The van der Waals surface area contributed by atoms with Crippen LogP contribution in [0.1, 0.15) is 36.0 Å². The average Bonchev–Trinajstić information content (AvgIpc) is 2.34. The Morgan fingerprint density at radius 1 is 1.41 bits per heavy atom. The summed E-state index contributed by atoms with van der Waals surface area (Å²) in [5.41, 5.74) is 6.73. The van der Waals surface area contributed by atoms with E-state index in [4.69, 9.17) is 10.5 Å². The van der Waals surface area contributed by atoms with Gasteiger partial charge in [-0.3, -0.25) is 4.79 Å². The van der Waals surface area contributed by atoms with E-state index in [2.05, 4.69) is 0 Å². The van der Waals surface area contributed by atoms with Gasteiger partial charge >= 0.3 is 0 Å². The van der Waals surface area contributed by atoms with Gasteiger partial charge in [-0.1, -0.05) is 0 Å². The number of carbonyl (C=O) groups excluding carboxylic acids is 2. The van der Waals surface area contributed by atoms with Gasteiger partial charge in [-0.05, 0) is 25.0 Å². The minimum Gasteiger partial charge on any atom is -0.497 e. The zero-order chi connectivity index (χ0) is 12.7. The highest BCUT2D eigenvalue weighted by Crippen LogP contribution is 2.21. The van der Waals surface area contributed by atoms with Crippen molar-refractivity contribution in [1.82, 2.24) is 0 Å². The SMILES string of the molecule is COc1ccc(C(=O)CCCCC=O)c(N)c1. The quantitative estimate of drug-likeness (QED) is 0.340. The molecule has 1 aromatic carbocycles. The van der Waals surface area contributed by atoms with Crippen LogP contribution < -0.4 is 10.5 Å². The van der Waals surface area contributed by atoms with Crippen molar-refractivity contribution in [3.8, 4) is 5.75 Å². The molecule has 1 rings (SSSR count). The number of carbonyl (C=O) groups is 2. The normalized spacial score (nSPS) is 9.94. The Hall–Kier alpha value is -1.84. The summed E-state index contributed by atoms with van der Waals surface area (Å²) in [6, 6.07) is 5.03. The molecule has 0 bridgehead atoms. The van der Waals surface area contributed by atoms with Crippen LogP contribution in [0, 0.1) is 0 Å². The molecule has 0 amide bonds. The van der Waals surface area contributed by atoms with Gasteiger partial charge in [0, 0.05) is 30.2 Å². The molecule has 2 N–H and O–H groups in total. The van der Waals surface area contributed by atoms with Gasteiger partial charge in [0.15, 0.2) is 5.78 Å². The number of hydrogen-bond acceptors (Lipinski definition) is 4. The Kier molecular flexibility index (Phi) is 5.20. The Morgan fingerprint density at radius 2 is 2.18 bits per heavy atom. The Bertz CT molecular complexity index is 402. The molecule has 0 unspecified atom stereocenters. The van der Waals surface area contributed by atoms with Crippen molar-refractivity contribution >= 4 is 17.8 Å². The predicted molar refractivity (Wildman–Crippen MR) is 66.3 cm³/mol. The number of hydrogen-bond donors (Lipinski definition) is 1. The summed E-state index contributed by atoms with van der Waals surface area (Å²) < 4.78 is 5.01. The molecule has 0 fully saturated rings. The summed E-state index contributed by atoms with van der Waals surface area (Å²) in [6.45, 7) is 0. The topological polar surface area (TPSA) is 69.4 Å². The first-order chi connectivity index (χ1) is 8.19. The molecule has 0 atom stereocenters. The number of ether oxygens (including phenoxy) is 1. The number of nitrogens with two attached hydrogens (primary N) is 1. The maximum Gasteiger partial charge on any atom is 0.164 e. The highest BCUT2D eigenvalue weighted by molar-refractivity contribution is 6.00. The van der Waals surface area contributed by atoms with Crippen molar-refractivity contribution in [2.45, 2.75) is 25.7 Å². The number of nitrogen functional groups attached to an aromatic ring is 1. The summed E-state index contributed by atoms with van der Waals surface area (Å²) in [5, 5.41) is 0. The number of rotatable bonds is 7. The molecule has 4 nitrogen and oxygen atoms in total. The number of anilines is 1. The monoisotopic (exact) mass is 235 g/mol. The van der Waals surface area contributed by atoms with Crippen LogP contribution in [0.15, 0.2) is 18.2 Å². The number of ketones is 1. The summed E-state index contributed by atoms with van der Waals surface area (Å²) in [5.74, 6) is 0.649. The van der Waals surface area contributed by atoms with Gasteiger partial charge in [-0.2, -0.15) is 0 Å². The zero-order valence-corrected chi connectivity index (χ0v) is 9.94. The minimum absolute atomic E-state index is 0.0102. The van der Waals surface area contributed by atoms with Crippen molar-refractivity contribution in [2.75, 3.05) is 12.8 Å². The average molecular weight is 235 g/mol. The molecule has 1 aromatic rings. The van der Waals surface area contributed by atoms with Crippen LogP contribution >= 0.6 is 0 Å². The predicted octanol–water partition coefficient (Wildman–Crippen LogP) is 2.22. The lowest BCUT2D eigenvalue weighted by Gasteiger charge is -2.06. The molecular formula is C13H17NO3. The van der Waals surface area contributed by atoms with E-state index in [-0.39, 0.29) is 5.78 Å². The number of benzene rings is 1. The van der Waals surface area contributed by atoms with E-state index < -0.39 is 0 Å². The smallest absolute Gasteiger partial charge is 0.164 e. The first kappa shape index (κ1) is 13.2. The third-order valence-corrected chi connectivity index (χ3v) is 2.53. The molecule has 92 valence electrons. The second kappa shape index (κ2) is 6.68. The molecule has 0 aromatic heterocycles. The fraction of sp³-hybridized carbons (Fsp3) is 0.385. The first-order valence-corrected chi connectivity index (χ1v) is 5.59. The largest absolute Gasteiger partial charge is 0.497 e. The second-order valence-electron chi connectivity index (χ2n) is 3.79. The zero-order valence-electron chi connectivity index (χ0n) is 9.94. The molecule has 0 aliphatic heterocycles. The third kappa shape index (κ3) is 3.90. The maximum atomic E-state index is 11.8. The fourth-order valence-corrected chi connectivity index (χ4v) is 1.57. The van der Waals surface area contributed by atoms with E-state index in [0.717, 1.165) is 12.7 Å². The lowest BCUT2D eigenvalue weighted by Crippen LogP contribution is -2.04. The van der Waals surface area contributed by atoms with Crippen molar-refractivity contribution < 1.29 is 14.3 Å². The lowest BCUT2D eigenvalue weighted by atomic mass is 10.0. The fourth-order valence-electron chi connectivity index (χ4n) is 1.57. The van der Waals surface area contributed by atoms with Crippen LogP contribution in [0.4, 0.5) is 5.69 Å². The lowest BCUT2D eigenvalue weighted by molar-refractivity contribution is -0.107. The molecule has 0 spiro atoms. The van der Waals surface area contributed by atoms with Crippen LogP contribution in [-0.4, -0.2) is 19.2 Å². The number of aldehydes is 1. The van der Waals surface area contributed by atoms with Gasteiger partial charge in [0.05, 0.1) is 7.11 Å². The number of unbranched alkanes of at least 4 members (excludes halogenated alkanes) is 2. The first-order valence-electron chi connectivity index (χ1n) is 5.59. The van der Waals surface area contributed by atoms with Gasteiger partial charge in [-0.25, -0.2) is 0 Å². The second-order valence-corrected chi connectivity index (χ2v) is 3.79. The van der Waals surface area contributed by atoms with Gasteiger partial charge in [0.2, 0.25) is 0 Å². The van der Waals surface area contributed by atoms with E-state index >= 15 is 0 Å². The van der Waals surface area contributed by atoms with E-state index in [0.29, 0.717) is 36.3 Å². The van der Waals surface area contributed by atoms with Crippen LogP contribution in [0.3, 0.4) is 0 Å². The van der Waals surface area contributed by atoms with Crippen molar-refractivity contribution in [1.29, 1.82) is 0 Å². The molecule has 0 saturated heterocycles. The standard InChI is InChI=1S/C13H17NO3/c1-17-10-6-7-11(12(14)9-10)13(16)5-3-2-4-8-15/h6-9H,2-5,14H2,1H3. The molecule has 0 aliphatic rings. The molecule has 17 heavy (non-hydrogen) atoms. The van der Waals surface area contributed by atoms with E-state index in [1.165, 1.54) is 0 Å². The highest BCUT2D eigenvalue weighted by atomic mass is 16.5. The molecule has 0 saturated carbocycles. The molecule has 4 heteroatoms. The van der Waals surface area contributed by atoms with Gasteiger partial charge in [0.25, 0.3) is 0 Å². The highest BCUT2D eigenvalue weighted by Gasteiger charge is 2.10. The van der Waals surface area contributed by atoms with Gasteiger partial charge < -0.3 is 15.3 Å². The van der Waals surface area contributed by atoms with Gasteiger partial charge in [0.1, 0.15) is 12.0 Å². The third-order valence-electron chi connectivity index (χ3n) is 2.53. The maximum absolute atomic E-state index is 11.8. The molecule has 0 heterocycles. The van der Waals surface area contributed by atoms with Crippen LogP contribution in [-0.2, 0) is 4.79 Å². The van der Waals surface area contributed by atoms with Crippen molar-refractivity contribution in [3.05, 3.63) is 23.8 Å². The summed E-state index contributed by atoms with van der Waals surface area (Å²) in [6.07, 6.45) is 3.25. The van der Waals surface area contributed by atoms with E-state index in [1.807, 2.05) is 0 Å². The number of methoxy groups -OCH3 is 1. The van der Waals surface area contributed by atoms with Crippen LogP contribution in [0.2, 0.25) is 0 Å².